The molecule has 0 saturated heterocycles. The molecule has 7 heteroatoms. The van der Waals surface area contributed by atoms with Gasteiger partial charge in [0.15, 0.2) is 0 Å². The Morgan fingerprint density at radius 2 is 1.75 bits per heavy atom. The van der Waals surface area contributed by atoms with Crippen LogP contribution >= 0.6 is 0 Å². The topological polar surface area (TPSA) is 70.2 Å². The van der Waals surface area contributed by atoms with Crippen LogP contribution in [0.4, 0.5) is 26.6 Å². The number of rotatable bonds is 5. The van der Waals surface area contributed by atoms with Gasteiger partial charge in [0.1, 0.15) is 11.6 Å². The first kappa shape index (κ1) is 17.7. The van der Waals surface area contributed by atoms with E-state index in [1.807, 2.05) is 27.7 Å². The molecule has 0 bridgehead atoms. The van der Waals surface area contributed by atoms with Crippen molar-refractivity contribution in [3.63, 3.8) is 0 Å². The van der Waals surface area contributed by atoms with E-state index in [-0.39, 0.29) is 23.9 Å². The number of carbonyl (C=O) groups is 1. The fourth-order valence-electron chi connectivity index (χ4n) is 2.06. The minimum Gasteiger partial charge on any atom is -0.352 e. The number of urea groups is 1. The predicted octanol–water partition coefficient (Wildman–Crippen LogP) is 3.69. The average Bonchev–Trinajstić information content (AvgIpc) is 2.48. The summed E-state index contributed by atoms with van der Waals surface area (Å²) in [4.78, 5) is 22.5. The molecule has 0 aliphatic carbocycles. The fourth-order valence-corrected chi connectivity index (χ4v) is 2.06. The molecule has 128 valence electrons. The van der Waals surface area contributed by atoms with Crippen molar-refractivity contribution in [1.82, 2.24) is 15.3 Å². The molecule has 0 fully saturated rings. The van der Waals surface area contributed by atoms with Crippen LogP contribution in [-0.4, -0.2) is 28.1 Å². The summed E-state index contributed by atoms with van der Waals surface area (Å²) in [5.74, 6) is 0.456. The zero-order valence-electron chi connectivity index (χ0n) is 14.2. The number of halogens is 1. The second kappa shape index (κ2) is 7.72. The monoisotopic (exact) mass is 331 g/mol. The van der Waals surface area contributed by atoms with Crippen molar-refractivity contribution in [2.24, 2.45) is 0 Å². The number of nitrogens with zero attached hydrogens (tertiary/aromatic N) is 3. The van der Waals surface area contributed by atoms with Crippen LogP contribution in [0.25, 0.3) is 0 Å². The Bertz CT molecular complexity index is 688. The first-order valence-electron chi connectivity index (χ1n) is 7.82. The molecule has 1 heterocycles. The average molecular weight is 331 g/mol. The van der Waals surface area contributed by atoms with E-state index >= 15 is 0 Å². The molecule has 0 spiro atoms. The lowest BCUT2D eigenvalue weighted by molar-refractivity contribution is 0.246. The van der Waals surface area contributed by atoms with Gasteiger partial charge in [-0.2, -0.15) is 4.98 Å². The third-order valence-electron chi connectivity index (χ3n) is 2.99. The SMILES string of the molecule is CC(C)NC(=O)N(c1ccc(F)cc1)c1ccnc(NC(C)C)n1. The van der Waals surface area contributed by atoms with Gasteiger partial charge in [-0.1, -0.05) is 0 Å². The van der Waals surface area contributed by atoms with Crippen LogP contribution in [0.2, 0.25) is 0 Å². The van der Waals surface area contributed by atoms with Crippen LogP contribution in [-0.2, 0) is 0 Å². The van der Waals surface area contributed by atoms with E-state index in [1.54, 1.807) is 12.3 Å². The van der Waals surface area contributed by atoms with Crippen molar-refractivity contribution in [3.05, 3.63) is 42.3 Å². The van der Waals surface area contributed by atoms with Crippen molar-refractivity contribution in [2.75, 3.05) is 10.2 Å². The molecule has 2 N–H and O–H groups in total. The molecule has 0 unspecified atom stereocenters. The second-order valence-corrected chi connectivity index (χ2v) is 5.95. The molecule has 0 radical (unpaired) electrons. The molecular formula is C17H22FN5O. The Labute approximate surface area is 141 Å². The van der Waals surface area contributed by atoms with Crippen molar-refractivity contribution < 1.29 is 9.18 Å². The summed E-state index contributed by atoms with van der Waals surface area (Å²) in [5, 5.41) is 5.93. The van der Waals surface area contributed by atoms with Gasteiger partial charge in [0.25, 0.3) is 0 Å². The number of amides is 2. The van der Waals surface area contributed by atoms with E-state index < -0.39 is 0 Å². The molecule has 0 aliphatic rings. The number of nitrogens with one attached hydrogen (secondary N) is 2. The van der Waals surface area contributed by atoms with Gasteiger partial charge in [0.2, 0.25) is 5.95 Å². The maximum Gasteiger partial charge on any atom is 0.327 e. The quantitative estimate of drug-likeness (QED) is 0.876. The van der Waals surface area contributed by atoms with E-state index in [1.165, 1.54) is 29.2 Å². The lowest BCUT2D eigenvalue weighted by Crippen LogP contribution is -2.41. The molecule has 6 nitrogen and oxygen atoms in total. The standard InChI is InChI=1S/C17H22FN5O/c1-11(2)20-16-19-10-9-15(22-16)23(17(24)21-12(3)4)14-7-5-13(18)6-8-14/h5-12H,1-4H3,(H,21,24)(H,19,20,22). The summed E-state index contributed by atoms with van der Waals surface area (Å²) in [7, 11) is 0. The van der Waals surface area contributed by atoms with Crippen molar-refractivity contribution >= 4 is 23.5 Å². The van der Waals surface area contributed by atoms with Crippen molar-refractivity contribution in [2.45, 2.75) is 39.8 Å². The Hall–Kier alpha value is -2.70. The van der Waals surface area contributed by atoms with Gasteiger partial charge in [-0.05, 0) is 52.0 Å². The highest BCUT2D eigenvalue weighted by atomic mass is 19.1. The molecule has 2 amide bonds. The van der Waals surface area contributed by atoms with E-state index in [0.717, 1.165) is 0 Å². The summed E-state index contributed by atoms with van der Waals surface area (Å²) in [6.45, 7) is 7.68. The lowest BCUT2D eigenvalue weighted by Gasteiger charge is -2.24. The van der Waals surface area contributed by atoms with E-state index in [4.69, 9.17) is 0 Å². The van der Waals surface area contributed by atoms with E-state index in [0.29, 0.717) is 17.5 Å². The minimum absolute atomic E-state index is 0.0458. The van der Waals surface area contributed by atoms with Gasteiger partial charge in [0, 0.05) is 24.3 Å². The summed E-state index contributed by atoms with van der Waals surface area (Å²) in [6, 6.07) is 7.08. The molecule has 0 aliphatic heterocycles. The van der Waals surface area contributed by atoms with Crippen LogP contribution in [0, 0.1) is 5.82 Å². The minimum atomic E-state index is -0.368. The Morgan fingerprint density at radius 3 is 2.33 bits per heavy atom. The summed E-state index contributed by atoms with van der Waals surface area (Å²) < 4.78 is 13.2. The molecule has 24 heavy (non-hydrogen) atoms. The first-order valence-corrected chi connectivity index (χ1v) is 7.82. The van der Waals surface area contributed by atoms with Gasteiger partial charge < -0.3 is 10.6 Å². The van der Waals surface area contributed by atoms with Gasteiger partial charge in [-0.3, -0.25) is 0 Å². The summed E-state index contributed by atoms with van der Waals surface area (Å²) >= 11 is 0. The number of aromatic nitrogens is 2. The smallest absolute Gasteiger partial charge is 0.327 e. The maximum absolute atomic E-state index is 13.2. The van der Waals surface area contributed by atoms with E-state index in [2.05, 4.69) is 20.6 Å². The molecule has 2 rings (SSSR count). The van der Waals surface area contributed by atoms with Gasteiger partial charge in [-0.15, -0.1) is 0 Å². The van der Waals surface area contributed by atoms with E-state index in [9.17, 15) is 9.18 Å². The van der Waals surface area contributed by atoms with Crippen LogP contribution in [0.5, 0.6) is 0 Å². The number of hydrogen-bond acceptors (Lipinski definition) is 4. The third-order valence-corrected chi connectivity index (χ3v) is 2.99. The zero-order chi connectivity index (χ0) is 17.7. The summed E-state index contributed by atoms with van der Waals surface area (Å²) in [6.07, 6.45) is 1.58. The molecule has 2 aromatic rings. The number of hydrogen-bond donors (Lipinski definition) is 2. The second-order valence-electron chi connectivity index (χ2n) is 5.95. The first-order chi connectivity index (χ1) is 11.4. The van der Waals surface area contributed by atoms with Crippen LogP contribution < -0.4 is 15.5 Å². The number of carbonyl (C=O) groups excluding carboxylic acids is 1. The van der Waals surface area contributed by atoms with Crippen LogP contribution in [0.15, 0.2) is 36.5 Å². The highest BCUT2D eigenvalue weighted by Gasteiger charge is 2.20. The predicted molar refractivity (Wildman–Crippen MR) is 93.0 cm³/mol. The molecule has 0 atom stereocenters. The highest BCUT2D eigenvalue weighted by Crippen LogP contribution is 2.24. The fraction of sp³-hybridized carbons (Fsp3) is 0.353. The van der Waals surface area contributed by atoms with Crippen molar-refractivity contribution in [3.8, 4) is 0 Å². The summed E-state index contributed by atoms with van der Waals surface area (Å²) in [5.41, 5.74) is 0.517. The molecule has 0 saturated carbocycles. The Kier molecular flexibility index (Phi) is 5.68. The van der Waals surface area contributed by atoms with Gasteiger partial charge in [0.05, 0.1) is 5.69 Å². The Morgan fingerprint density at radius 1 is 1.08 bits per heavy atom. The highest BCUT2D eigenvalue weighted by molar-refractivity contribution is 5.98. The van der Waals surface area contributed by atoms with Gasteiger partial charge in [-0.25, -0.2) is 19.1 Å². The van der Waals surface area contributed by atoms with Crippen LogP contribution in [0.3, 0.4) is 0 Å². The van der Waals surface area contributed by atoms with Crippen LogP contribution in [0.1, 0.15) is 27.7 Å². The lowest BCUT2D eigenvalue weighted by atomic mass is 10.2. The zero-order valence-corrected chi connectivity index (χ0v) is 14.2. The van der Waals surface area contributed by atoms with Gasteiger partial charge >= 0.3 is 6.03 Å². The number of anilines is 3. The maximum atomic E-state index is 13.2. The molecule has 1 aromatic heterocycles. The largest absolute Gasteiger partial charge is 0.352 e. The number of benzene rings is 1. The van der Waals surface area contributed by atoms with Crippen molar-refractivity contribution in [1.29, 1.82) is 0 Å². The normalized spacial score (nSPS) is 10.8. The Balaban J connectivity index is 2.41. The molecular weight excluding hydrogens is 309 g/mol. The third kappa shape index (κ3) is 4.65. The molecule has 1 aromatic carbocycles.